The zero-order valence-electron chi connectivity index (χ0n) is 11.0. The summed E-state index contributed by atoms with van der Waals surface area (Å²) in [5.74, 6) is 0.936. The Morgan fingerprint density at radius 3 is 1.75 bits per heavy atom. The van der Waals surface area contributed by atoms with E-state index in [9.17, 15) is 0 Å². The van der Waals surface area contributed by atoms with Gasteiger partial charge in [-0.1, -0.05) is 52.6 Å². The first kappa shape index (κ1) is 15.0. The van der Waals surface area contributed by atoms with Crippen molar-refractivity contribution in [2.24, 2.45) is 16.7 Å². The third-order valence-electron chi connectivity index (χ3n) is 4.52. The van der Waals surface area contributed by atoms with Crippen molar-refractivity contribution in [3.63, 3.8) is 0 Å². The molecule has 0 spiro atoms. The fraction of sp³-hybridized carbons (Fsp3) is 1.00. The summed E-state index contributed by atoms with van der Waals surface area (Å²) in [5, 5.41) is 2.33. The molecule has 1 aliphatic rings. The van der Waals surface area contributed by atoms with E-state index in [0.29, 0.717) is 10.8 Å². The molecule has 2 heteroatoms. The van der Waals surface area contributed by atoms with Crippen LogP contribution in [-0.2, 0) is 0 Å². The van der Waals surface area contributed by atoms with E-state index in [2.05, 4.69) is 52.6 Å². The van der Waals surface area contributed by atoms with Gasteiger partial charge in [-0.05, 0) is 55.3 Å². The number of halogens is 2. The molecule has 0 nitrogen and oxygen atoms in total. The topological polar surface area (TPSA) is 0 Å². The van der Waals surface area contributed by atoms with Crippen molar-refractivity contribution in [1.82, 2.24) is 0 Å². The van der Waals surface area contributed by atoms with Gasteiger partial charge in [-0.3, -0.25) is 0 Å². The van der Waals surface area contributed by atoms with Crippen LogP contribution in [0.1, 0.15) is 59.3 Å². The Kier molecular flexibility index (Phi) is 5.84. The second kappa shape index (κ2) is 6.22. The van der Waals surface area contributed by atoms with Crippen molar-refractivity contribution in [3.05, 3.63) is 0 Å². The van der Waals surface area contributed by atoms with Crippen LogP contribution in [0.15, 0.2) is 0 Å². The highest BCUT2D eigenvalue weighted by Gasteiger charge is 2.37. The van der Waals surface area contributed by atoms with Crippen LogP contribution < -0.4 is 0 Å². The van der Waals surface area contributed by atoms with Gasteiger partial charge in [0.05, 0.1) is 0 Å². The third-order valence-corrected chi connectivity index (χ3v) is 5.31. The summed E-state index contributed by atoms with van der Waals surface area (Å²) < 4.78 is 0. The summed E-state index contributed by atoms with van der Waals surface area (Å²) in [7, 11) is 0. The Bertz CT molecular complexity index is 189. The lowest BCUT2D eigenvalue weighted by atomic mass is 9.62. The van der Waals surface area contributed by atoms with Gasteiger partial charge in [-0.25, -0.2) is 0 Å². The van der Waals surface area contributed by atoms with Crippen LogP contribution in [0.2, 0.25) is 0 Å². The lowest BCUT2D eigenvalue weighted by Crippen LogP contribution is -2.33. The molecular weight excluding hydrogens is 328 g/mol. The van der Waals surface area contributed by atoms with E-state index in [-0.39, 0.29) is 0 Å². The molecular formula is C14H26Br2. The summed E-state index contributed by atoms with van der Waals surface area (Å²) in [6, 6.07) is 0. The van der Waals surface area contributed by atoms with Crippen molar-refractivity contribution < 1.29 is 0 Å². The molecule has 0 radical (unpaired) electrons. The molecule has 0 aromatic rings. The number of hydrogen-bond donors (Lipinski definition) is 0. The fourth-order valence-electron chi connectivity index (χ4n) is 3.12. The first-order chi connectivity index (χ1) is 7.43. The standard InChI is InChI=1S/C14H26Br2/c1-13(2,3)12-4-6-14(7-5-12,8-10-15)9-11-16/h12H,4-11H2,1-3H3. The number of rotatable bonds is 4. The Hall–Kier alpha value is 0.960. The van der Waals surface area contributed by atoms with E-state index in [0.717, 1.165) is 5.92 Å². The minimum absolute atomic E-state index is 0.509. The number of hydrogen-bond acceptors (Lipinski definition) is 0. The normalized spacial score (nSPS) is 22.3. The summed E-state index contributed by atoms with van der Waals surface area (Å²) in [6.07, 6.45) is 8.45. The quantitative estimate of drug-likeness (QED) is 0.562. The average molecular weight is 354 g/mol. The molecule has 0 bridgehead atoms. The largest absolute Gasteiger partial charge is 0.0928 e. The molecule has 0 aromatic carbocycles. The van der Waals surface area contributed by atoms with Crippen LogP contribution in [0, 0.1) is 16.7 Å². The molecule has 0 atom stereocenters. The minimum Gasteiger partial charge on any atom is -0.0928 e. The van der Waals surface area contributed by atoms with Crippen LogP contribution in [0.4, 0.5) is 0 Å². The van der Waals surface area contributed by atoms with Crippen molar-refractivity contribution in [2.45, 2.75) is 59.3 Å². The van der Waals surface area contributed by atoms with Gasteiger partial charge in [0.2, 0.25) is 0 Å². The highest BCUT2D eigenvalue weighted by atomic mass is 79.9. The van der Waals surface area contributed by atoms with Crippen LogP contribution in [0.3, 0.4) is 0 Å². The lowest BCUT2D eigenvalue weighted by Gasteiger charge is -2.44. The molecule has 1 saturated carbocycles. The van der Waals surface area contributed by atoms with Gasteiger partial charge < -0.3 is 0 Å². The third kappa shape index (κ3) is 4.01. The SMILES string of the molecule is CC(C)(C)C1CCC(CCBr)(CCBr)CC1. The zero-order valence-corrected chi connectivity index (χ0v) is 14.2. The van der Waals surface area contributed by atoms with E-state index >= 15 is 0 Å². The Balaban J connectivity index is 2.55. The van der Waals surface area contributed by atoms with Crippen LogP contribution in [-0.4, -0.2) is 10.7 Å². The van der Waals surface area contributed by atoms with Gasteiger partial charge in [-0.15, -0.1) is 0 Å². The first-order valence-corrected chi connectivity index (χ1v) is 8.80. The van der Waals surface area contributed by atoms with E-state index in [1.807, 2.05) is 0 Å². The van der Waals surface area contributed by atoms with Gasteiger partial charge in [-0.2, -0.15) is 0 Å². The Labute approximate surface area is 118 Å². The van der Waals surface area contributed by atoms with E-state index in [1.165, 1.54) is 49.2 Å². The van der Waals surface area contributed by atoms with Gasteiger partial charge in [0.15, 0.2) is 0 Å². The predicted octanol–water partition coefficient (Wildman–Crippen LogP) is 5.78. The maximum Gasteiger partial charge on any atom is 0.00365 e. The van der Waals surface area contributed by atoms with E-state index < -0.39 is 0 Å². The maximum absolute atomic E-state index is 3.63. The Morgan fingerprint density at radius 1 is 1.00 bits per heavy atom. The summed E-state index contributed by atoms with van der Waals surface area (Å²) in [5.41, 5.74) is 1.14. The summed E-state index contributed by atoms with van der Waals surface area (Å²) >= 11 is 7.26. The molecule has 0 amide bonds. The van der Waals surface area contributed by atoms with Gasteiger partial charge in [0, 0.05) is 10.7 Å². The molecule has 96 valence electrons. The smallest absolute Gasteiger partial charge is 0.00365 e. The maximum atomic E-state index is 3.63. The molecule has 0 N–H and O–H groups in total. The molecule has 0 unspecified atom stereocenters. The van der Waals surface area contributed by atoms with Gasteiger partial charge in [0.1, 0.15) is 0 Å². The zero-order chi connectivity index (χ0) is 12.2. The highest BCUT2D eigenvalue weighted by Crippen LogP contribution is 2.49. The van der Waals surface area contributed by atoms with Crippen molar-refractivity contribution in [3.8, 4) is 0 Å². The fourth-order valence-corrected chi connectivity index (χ4v) is 4.80. The minimum atomic E-state index is 0.509. The van der Waals surface area contributed by atoms with Crippen LogP contribution in [0.25, 0.3) is 0 Å². The average Bonchev–Trinajstić information content (AvgIpc) is 2.17. The molecule has 0 heterocycles. The molecule has 0 aliphatic heterocycles. The van der Waals surface area contributed by atoms with Gasteiger partial charge in [0.25, 0.3) is 0 Å². The highest BCUT2D eigenvalue weighted by molar-refractivity contribution is 9.09. The first-order valence-electron chi connectivity index (χ1n) is 6.55. The van der Waals surface area contributed by atoms with Gasteiger partial charge >= 0.3 is 0 Å². The second-order valence-electron chi connectivity index (χ2n) is 6.52. The molecule has 1 rings (SSSR count). The van der Waals surface area contributed by atoms with E-state index in [4.69, 9.17) is 0 Å². The molecule has 0 saturated heterocycles. The van der Waals surface area contributed by atoms with Crippen molar-refractivity contribution in [2.75, 3.05) is 10.7 Å². The lowest BCUT2D eigenvalue weighted by molar-refractivity contribution is 0.0832. The molecule has 16 heavy (non-hydrogen) atoms. The number of alkyl halides is 2. The van der Waals surface area contributed by atoms with Crippen molar-refractivity contribution in [1.29, 1.82) is 0 Å². The predicted molar refractivity (Wildman–Crippen MR) is 80.7 cm³/mol. The van der Waals surface area contributed by atoms with E-state index in [1.54, 1.807) is 0 Å². The van der Waals surface area contributed by atoms with Crippen LogP contribution in [0.5, 0.6) is 0 Å². The molecule has 1 fully saturated rings. The summed E-state index contributed by atoms with van der Waals surface area (Å²) in [6.45, 7) is 7.21. The molecule has 1 aliphatic carbocycles. The second-order valence-corrected chi connectivity index (χ2v) is 8.10. The summed E-state index contributed by atoms with van der Waals surface area (Å²) in [4.78, 5) is 0. The molecule has 0 aromatic heterocycles. The van der Waals surface area contributed by atoms with Crippen molar-refractivity contribution >= 4 is 31.9 Å². The van der Waals surface area contributed by atoms with Crippen LogP contribution >= 0.6 is 31.9 Å². The monoisotopic (exact) mass is 352 g/mol. The Morgan fingerprint density at radius 2 is 1.44 bits per heavy atom.